The fourth-order valence-electron chi connectivity index (χ4n) is 1.91. The van der Waals surface area contributed by atoms with Gasteiger partial charge in [0.1, 0.15) is 6.61 Å². The molecule has 120 valence electrons. The third-order valence-electron chi connectivity index (χ3n) is 2.99. The van der Waals surface area contributed by atoms with E-state index in [0.717, 1.165) is 5.56 Å². The Hall–Kier alpha value is -0.780. The van der Waals surface area contributed by atoms with Gasteiger partial charge >= 0.3 is 6.18 Å². The van der Waals surface area contributed by atoms with Crippen molar-refractivity contribution in [2.45, 2.75) is 38.4 Å². The molecule has 0 heterocycles. The molecule has 0 aromatic heterocycles. The molecule has 21 heavy (non-hydrogen) atoms. The summed E-state index contributed by atoms with van der Waals surface area (Å²) in [5.41, 5.74) is 1.04. The van der Waals surface area contributed by atoms with E-state index in [1.165, 1.54) is 0 Å². The monoisotopic (exact) mass is 323 g/mol. The van der Waals surface area contributed by atoms with Gasteiger partial charge in [0.2, 0.25) is 0 Å². The zero-order valence-electron chi connectivity index (χ0n) is 12.2. The molecule has 0 aliphatic rings. The van der Waals surface area contributed by atoms with Crippen LogP contribution < -0.4 is 5.32 Å². The van der Waals surface area contributed by atoms with Crippen LogP contribution in [-0.2, 0) is 4.74 Å². The van der Waals surface area contributed by atoms with Crippen LogP contribution in [0.2, 0.25) is 5.02 Å². The van der Waals surface area contributed by atoms with Gasteiger partial charge in [0, 0.05) is 24.2 Å². The first-order valence-corrected chi connectivity index (χ1v) is 7.29. The number of nitrogens with one attached hydrogen (secondary N) is 1. The van der Waals surface area contributed by atoms with Crippen LogP contribution in [0.1, 0.15) is 31.7 Å². The van der Waals surface area contributed by atoms with Crippen LogP contribution in [-0.4, -0.2) is 32.0 Å². The zero-order chi connectivity index (χ0) is 15.9. The molecular formula is C15H21ClF3NO. The molecule has 1 aromatic rings. The van der Waals surface area contributed by atoms with Gasteiger partial charge in [-0.2, -0.15) is 13.2 Å². The second-order valence-electron chi connectivity index (χ2n) is 5.27. The minimum atomic E-state index is -4.27. The van der Waals surface area contributed by atoms with Gasteiger partial charge in [-0.3, -0.25) is 0 Å². The second kappa shape index (κ2) is 8.61. The lowest BCUT2D eigenvalue weighted by Crippen LogP contribution is -2.29. The molecule has 0 amide bonds. The Morgan fingerprint density at radius 1 is 1.19 bits per heavy atom. The van der Waals surface area contributed by atoms with Crippen molar-refractivity contribution >= 4 is 11.6 Å². The molecule has 0 spiro atoms. The molecule has 0 bridgehead atoms. The Morgan fingerprint density at radius 3 is 2.33 bits per heavy atom. The molecule has 0 saturated carbocycles. The highest BCUT2D eigenvalue weighted by Gasteiger charge is 2.27. The van der Waals surface area contributed by atoms with E-state index in [2.05, 4.69) is 5.32 Å². The predicted molar refractivity (Wildman–Crippen MR) is 78.8 cm³/mol. The Balaban J connectivity index is 2.54. The maximum absolute atomic E-state index is 12.0. The minimum Gasteiger partial charge on any atom is -0.372 e. The second-order valence-corrected chi connectivity index (χ2v) is 5.70. The van der Waals surface area contributed by atoms with Gasteiger partial charge in [0.05, 0.1) is 0 Å². The van der Waals surface area contributed by atoms with Crippen LogP contribution in [0.4, 0.5) is 13.2 Å². The van der Waals surface area contributed by atoms with Gasteiger partial charge in [0.15, 0.2) is 0 Å². The lowest BCUT2D eigenvalue weighted by atomic mass is 9.96. The van der Waals surface area contributed by atoms with Crippen molar-refractivity contribution in [1.29, 1.82) is 0 Å². The summed E-state index contributed by atoms with van der Waals surface area (Å²) in [7, 11) is 0. The molecule has 1 rings (SSSR count). The lowest BCUT2D eigenvalue weighted by molar-refractivity contribution is -0.174. The SMILES string of the molecule is CC(C)NCC(CCOCC(F)(F)F)c1ccc(Cl)cc1. The number of benzene rings is 1. The van der Waals surface area contributed by atoms with E-state index >= 15 is 0 Å². The number of ether oxygens (including phenoxy) is 1. The maximum Gasteiger partial charge on any atom is 0.411 e. The fraction of sp³-hybridized carbons (Fsp3) is 0.600. The molecular weight excluding hydrogens is 303 g/mol. The fourth-order valence-corrected chi connectivity index (χ4v) is 2.04. The van der Waals surface area contributed by atoms with Crippen molar-refractivity contribution in [3.05, 3.63) is 34.9 Å². The van der Waals surface area contributed by atoms with Crippen LogP contribution >= 0.6 is 11.6 Å². The van der Waals surface area contributed by atoms with Crippen molar-refractivity contribution in [3.63, 3.8) is 0 Å². The molecule has 1 unspecified atom stereocenters. The quantitative estimate of drug-likeness (QED) is 0.716. The summed E-state index contributed by atoms with van der Waals surface area (Å²) in [6, 6.07) is 7.69. The molecule has 2 nitrogen and oxygen atoms in total. The molecule has 1 N–H and O–H groups in total. The van der Waals surface area contributed by atoms with E-state index in [4.69, 9.17) is 16.3 Å². The number of hydrogen-bond donors (Lipinski definition) is 1. The largest absolute Gasteiger partial charge is 0.411 e. The van der Waals surface area contributed by atoms with Crippen LogP contribution in [0.15, 0.2) is 24.3 Å². The van der Waals surface area contributed by atoms with Crippen LogP contribution in [0.3, 0.4) is 0 Å². The van der Waals surface area contributed by atoms with Crippen molar-refractivity contribution in [1.82, 2.24) is 5.32 Å². The summed E-state index contributed by atoms with van der Waals surface area (Å²) >= 11 is 5.86. The third kappa shape index (κ3) is 8.29. The minimum absolute atomic E-state index is 0.0760. The van der Waals surface area contributed by atoms with Gasteiger partial charge in [-0.05, 0) is 30.0 Å². The predicted octanol–water partition coefficient (Wildman–Crippen LogP) is 4.39. The average Bonchev–Trinajstić information content (AvgIpc) is 2.38. The highest BCUT2D eigenvalue weighted by molar-refractivity contribution is 6.30. The molecule has 0 aliphatic heterocycles. The molecule has 0 fully saturated rings. The topological polar surface area (TPSA) is 21.3 Å². The lowest BCUT2D eigenvalue weighted by Gasteiger charge is -2.20. The number of alkyl halides is 3. The summed E-state index contributed by atoms with van der Waals surface area (Å²) in [6.45, 7) is 3.62. The van der Waals surface area contributed by atoms with Crippen LogP contribution in [0, 0.1) is 0 Å². The van der Waals surface area contributed by atoms with Crippen LogP contribution in [0.5, 0.6) is 0 Å². The standard InChI is InChI=1S/C15H21ClF3NO/c1-11(2)20-9-13(7-8-21-10-15(17,18)19)12-3-5-14(16)6-4-12/h3-6,11,13,20H,7-10H2,1-2H3. The Morgan fingerprint density at radius 2 is 1.81 bits per heavy atom. The van der Waals surface area contributed by atoms with Gasteiger partial charge in [-0.15, -0.1) is 0 Å². The molecule has 0 radical (unpaired) electrons. The molecule has 0 saturated heterocycles. The number of hydrogen-bond acceptors (Lipinski definition) is 2. The maximum atomic E-state index is 12.0. The highest BCUT2D eigenvalue weighted by Crippen LogP contribution is 2.22. The van der Waals surface area contributed by atoms with Crippen molar-refractivity contribution in [2.24, 2.45) is 0 Å². The molecule has 0 aliphatic carbocycles. The smallest absolute Gasteiger partial charge is 0.372 e. The van der Waals surface area contributed by atoms with Crippen LogP contribution in [0.25, 0.3) is 0 Å². The third-order valence-corrected chi connectivity index (χ3v) is 3.24. The van der Waals surface area contributed by atoms with Gasteiger partial charge < -0.3 is 10.1 Å². The van der Waals surface area contributed by atoms with Gasteiger partial charge in [-0.25, -0.2) is 0 Å². The number of rotatable bonds is 8. The Kier molecular flexibility index (Phi) is 7.49. The van der Waals surface area contributed by atoms with Gasteiger partial charge in [0.25, 0.3) is 0 Å². The number of halogens is 4. The summed E-state index contributed by atoms with van der Waals surface area (Å²) in [6.07, 6.45) is -3.75. The van der Waals surface area contributed by atoms with Crippen molar-refractivity contribution in [2.75, 3.05) is 19.8 Å². The van der Waals surface area contributed by atoms with E-state index in [1.54, 1.807) is 12.1 Å². The van der Waals surface area contributed by atoms with E-state index < -0.39 is 12.8 Å². The van der Waals surface area contributed by atoms with E-state index in [9.17, 15) is 13.2 Å². The van der Waals surface area contributed by atoms with E-state index in [-0.39, 0.29) is 12.5 Å². The molecule has 1 aromatic carbocycles. The van der Waals surface area contributed by atoms with Gasteiger partial charge in [-0.1, -0.05) is 37.6 Å². The zero-order valence-corrected chi connectivity index (χ0v) is 13.0. The van der Waals surface area contributed by atoms with E-state index in [0.29, 0.717) is 24.0 Å². The first kappa shape index (κ1) is 18.3. The summed E-state index contributed by atoms with van der Waals surface area (Å²) in [5, 5.41) is 3.95. The normalized spacial score (nSPS) is 13.7. The van der Waals surface area contributed by atoms with Crippen molar-refractivity contribution in [3.8, 4) is 0 Å². The first-order valence-electron chi connectivity index (χ1n) is 6.91. The molecule has 6 heteroatoms. The summed E-state index contributed by atoms with van der Waals surface area (Å²) < 4.78 is 40.8. The summed E-state index contributed by atoms with van der Waals surface area (Å²) in [5.74, 6) is 0.0953. The average molecular weight is 324 g/mol. The van der Waals surface area contributed by atoms with E-state index in [1.807, 2.05) is 26.0 Å². The Bertz CT molecular complexity index is 406. The Labute approximate surface area is 128 Å². The molecule has 1 atom stereocenters. The highest BCUT2D eigenvalue weighted by atomic mass is 35.5. The summed E-state index contributed by atoms with van der Waals surface area (Å²) in [4.78, 5) is 0. The first-order chi connectivity index (χ1) is 9.78. The van der Waals surface area contributed by atoms with Crippen molar-refractivity contribution < 1.29 is 17.9 Å².